The largest absolute Gasteiger partial charge is 0.378 e. The Morgan fingerprint density at radius 1 is 1.50 bits per heavy atom. The molecule has 0 aromatic carbocycles. The molecule has 2 N–H and O–H groups in total. The van der Waals surface area contributed by atoms with Crippen LogP contribution in [0.2, 0.25) is 0 Å². The predicted octanol–water partition coefficient (Wildman–Crippen LogP) is 2.14. The van der Waals surface area contributed by atoms with Crippen molar-refractivity contribution in [2.45, 2.75) is 22.7 Å². The first-order chi connectivity index (χ1) is 8.60. The molecular formula is C9H9N5O2S2. The number of hydrogen-bond acceptors (Lipinski definition) is 8. The summed E-state index contributed by atoms with van der Waals surface area (Å²) in [5.41, 5.74) is 5.32. The maximum absolute atomic E-state index is 10.6. The molecule has 94 valence electrons. The van der Waals surface area contributed by atoms with Crippen molar-refractivity contribution >= 4 is 34.8 Å². The lowest BCUT2D eigenvalue weighted by molar-refractivity contribution is -0.384. The Kier molecular flexibility index (Phi) is 3.72. The lowest BCUT2D eigenvalue weighted by atomic mass is 10.4. The second kappa shape index (κ2) is 5.27. The minimum atomic E-state index is -0.559. The average molecular weight is 283 g/mol. The molecule has 2 heterocycles. The number of pyridine rings is 1. The molecule has 2 rings (SSSR count). The number of nitro groups is 1. The molecule has 0 aliphatic carbocycles. The lowest BCUT2D eigenvalue weighted by Gasteiger charge is -1.99. The number of nitrogen functional groups attached to an aromatic ring is 1. The van der Waals surface area contributed by atoms with Crippen molar-refractivity contribution in [1.29, 1.82) is 0 Å². The van der Waals surface area contributed by atoms with Gasteiger partial charge in [0.2, 0.25) is 5.82 Å². The quantitative estimate of drug-likeness (QED) is 0.676. The monoisotopic (exact) mass is 283 g/mol. The van der Waals surface area contributed by atoms with Crippen LogP contribution in [0.15, 0.2) is 21.5 Å². The van der Waals surface area contributed by atoms with Gasteiger partial charge in [0.15, 0.2) is 4.34 Å². The van der Waals surface area contributed by atoms with E-state index in [1.54, 1.807) is 6.07 Å². The summed E-state index contributed by atoms with van der Waals surface area (Å²) in [6.45, 7) is 1.97. The van der Waals surface area contributed by atoms with Gasteiger partial charge in [0.1, 0.15) is 10.9 Å². The van der Waals surface area contributed by atoms with Crippen LogP contribution in [0.1, 0.15) is 12.7 Å². The zero-order valence-corrected chi connectivity index (χ0v) is 11.0. The first kappa shape index (κ1) is 12.7. The van der Waals surface area contributed by atoms with Gasteiger partial charge in [-0.2, -0.15) is 4.37 Å². The molecular weight excluding hydrogens is 274 g/mol. The SMILES string of the molecule is CCc1nsc(Sc2ccc([N+](=O)[O-])c(N)n2)n1. The number of aryl methyl sites for hydroxylation is 1. The Balaban J connectivity index is 2.19. The highest BCUT2D eigenvalue weighted by Gasteiger charge is 2.14. The van der Waals surface area contributed by atoms with Crippen molar-refractivity contribution in [3.8, 4) is 0 Å². The number of rotatable bonds is 4. The molecule has 0 aliphatic heterocycles. The van der Waals surface area contributed by atoms with Crippen LogP contribution in [-0.4, -0.2) is 19.3 Å². The van der Waals surface area contributed by atoms with Gasteiger partial charge in [-0.1, -0.05) is 6.92 Å². The molecule has 0 fully saturated rings. The first-order valence-corrected chi connectivity index (χ1v) is 6.60. The van der Waals surface area contributed by atoms with Crippen molar-refractivity contribution in [3.05, 3.63) is 28.1 Å². The van der Waals surface area contributed by atoms with Crippen LogP contribution < -0.4 is 5.73 Å². The predicted molar refractivity (Wildman–Crippen MR) is 68.7 cm³/mol. The fourth-order valence-corrected chi connectivity index (χ4v) is 2.80. The Morgan fingerprint density at radius 3 is 2.83 bits per heavy atom. The Bertz CT molecular complexity index is 586. The highest BCUT2D eigenvalue weighted by atomic mass is 32.2. The summed E-state index contributed by atoms with van der Waals surface area (Å²) in [6, 6.07) is 2.89. The van der Waals surface area contributed by atoms with E-state index in [-0.39, 0.29) is 11.5 Å². The Morgan fingerprint density at radius 2 is 2.28 bits per heavy atom. The van der Waals surface area contributed by atoms with Crippen molar-refractivity contribution in [1.82, 2.24) is 14.3 Å². The molecule has 7 nitrogen and oxygen atoms in total. The van der Waals surface area contributed by atoms with Crippen LogP contribution in [0.4, 0.5) is 11.5 Å². The Hall–Kier alpha value is -1.74. The van der Waals surface area contributed by atoms with E-state index < -0.39 is 4.92 Å². The normalized spacial score (nSPS) is 10.5. The van der Waals surface area contributed by atoms with Crippen LogP contribution in [-0.2, 0) is 6.42 Å². The van der Waals surface area contributed by atoms with Crippen LogP contribution in [0.5, 0.6) is 0 Å². The van der Waals surface area contributed by atoms with E-state index in [9.17, 15) is 10.1 Å². The summed E-state index contributed by atoms with van der Waals surface area (Å²) in [6.07, 6.45) is 0.771. The summed E-state index contributed by atoms with van der Waals surface area (Å²) < 4.78 is 4.88. The molecule has 0 unspecified atom stereocenters. The highest BCUT2D eigenvalue weighted by molar-refractivity contribution is 8.00. The topological polar surface area (TPSA) is 108 Å². The first-order valence-electron chi connectivity index (χ1n) is 5.01. The van der Waals surface area contributed by atoms with Gasteiger partial charge < -0.3 is 5.73 Å². The van der Waals surface area contributed by atoms with Gasteiger partial charge in [-0.3, -0.25) is 10.1 Å². The molecule has 2 aromatic rings. The van der Waals surface area contributed by atoms with E-state index in [4.69, 9.17) is 5.73 Å². The maximum atomic E-state index is 10.6. The molecule has 9 heteroatoms. The number of anilines is 1. The number of aromatic nitrogens is 3. The van der Waals surface area contributed by atoms with E-state index in [0.29, 0.717) is 5.03 Å². The molecule has 0 spiro atoms. The molecule has 0 radical (unpaired) electrons. The molecule has 0 saturated heterocycles. The second-order valence-corrected chi connectivity index (χ2v) is 5.26. The lowest BCUT2D eigenvalue weighted by Crippen LogP contribution is -1.98. The van der Waals surface area contributed by atoms with Crippen molar-refractivity contribution in [2.75, 3.05) is 5.73 Å². The molecule has 0 aliphatic rings. The van der Waals surface area contributed by atoms with Gasteiger partial charge >= 0.3 is 5.69 Å². The smallest absolute Gasteiger partial charge is 0.311 e. The molecule has 0 saturated carbocycles. The van der Waals surface area contributed by atoms with Gasteiger partial charge in [-0.05, 0) is 29.4 Å². The zero-order chi connectivity index (χ0) is 13.1. The van der Waals surface area contributed by atoms with Crippen molar-refractivity contribution < 1.29 is 4.92 Å². The molecule has 2 aromatic heterocycles. The van der Waals surface area contributed by atoms with Gasteiger partial charge in [0.05, 0.1) is 4.92 Å². The minimum absolute atomic E-state index is 0.0924. The van der Waals surface area contributed by atoms with Gasteiger partial charge in [-0.25, -0.2) is 9.97 Å². The fraction of sp³-hybridized carbons (Fsp3) is 0.222. The standard InChI is InChI=1S/C9H9N5O2S2/c1-2-6-11-9(18-13-6)17-7-4-3-5(14(15)16)8(10)12-7/h3-4H,2H2,1H3,(H2,10,12). The summed E-state index contributed by atoms with van der Waals surface area (Å²) in [7, 11) is 0. The highest BCUT2D eigenvalue weighted by Crippen LogP contribution is 2.30. The van der Waals surface area contributed by atoms with E-state index in [2.05, 4.69) is 14.3 Å². The third kappa shape index (κ3) is 2.74. The zero-order valence-electron chi connectivity index (χ0n) is 9.36. The minimum Gasteiger partial charge on any atom is -0.378 e. The average Bonchev–Trinajstić information content (AvgIpc) is 2.76. The van der Waals surface area contributed by atoms with Crippen LogP contribution in [0.25, 0.3) is 0 Å². The third-order valence-corrected chi connectivity index (χ3v) is 3.76. The summed E-state index contributed by atoms with van der Waals surface area (Å²) in [5, 5.41) is 11.2. The molecule has 0 amide bonds. The maximum Gasteiger partial charge on any atom is 0.311 e. The van der Waals surface area contributed by atoms with Crippen LogP contribution >= 0.6 is 23.3 Å². The van der Waals surface area contributed by atoms with E-state index in [0.717, 1.165) is 16.6 Å². The molecule has 0 bridgehead atoms. The van der Waals surface area contributed by atoms with Crippen LogP contribution in [0.3, 0.4) is 0 Å². The van der Waals surface area contributed by atoms with E-state index in [1.165, 1.54) is 29.4 Å². The van der Waals surface area contributed by atoms with Gasteiger partial charge in [-0.15, -0.1) is 0 Å². The van der Waals surface area contributed by atoms with E-state index >= 15 is 0 Å². The van der Waals surface area contributed by atoms with Gasteiger partial charge in [0.25, 0.3) is 0 Å². The third-order valence-electron chi connectivity index (χ3n) is 2.03. The van der Waals surface area contributed by atoms with Crippen LogP contribution in [0, 0.1) is 10.1 Å². The Labute approximate surface area is 111 Å². The number of nitrogens with zero attached hydrogens (tertiary/aromatic N) is 4. The molecule has 18 heavy (non-hydrogen) atoms. The summed E-state index contributed by atoms with van der Waals surface area (Å²) in [4.78, 5) is 18.3. The summed E-state index contributed by atoms with van der Waals surface area (Å²) >= 11 is 2.56. The van der Waals surface area contributed by atoms with E-state index in [1.807, 2.05) is 6.92 Å². The number of hydrogen-bond donors (Lipinski definition) is 1. The van der Waals surface area contributed by atoms with Gasteiger partial charge in [0, 0.05) is 12.5 Å². The number of nitrogens with two attached hydrogens (primary N) is 1. The second-order valence-electron chi connectivity index (χ2n) is 3.24. The summed E-state index contributed by atoms with van der Waals surface area (Å²) in [5.74, 6) is 0.683. The molecule has 0 atom stereocenters. The fourth-order valence-electron chi connectivity index (χ4n) is 1.17. The van der Waals surface area contributed by atoms with Crippen molar-refractivity contribution in [3.63, 3.8) is 0 Å². The van der Waals surface area contributed by atoms with Crippen molar-refractivity contribution in [2.24, 2.45) is 0 Å².